The average Bonchev–Trinajstić information content (AvgIpc) is 3.21. The summed E-state index contributed by atoms with van der Waals surface area (Å²) in [5.74, 6) is 0.433. The maximum atomic E-state index is 11.9. The molecule has 1 saturated carbocycles. The number of halogens is 1. The Bertz CT molecular complexity index is 516. The summed E-state index contributed by atoms with van der Waals surface area (Å²) in [7, 11) is 0. The van der Waals surface area contributed by atoms with Gasteiger partial charge in [-0.05, 0) is 43.9 Å². The zero-order valence-corrected chi connectivity index (χ0v) is 11.6. The number of carbonyl (C=O) groups is 1. The molecule has 102 valence electrons. The van der Waals surface area contributed by atoms with Crippen LogP contribution < -0.4 is 10.6 Å². The second-order valence-corrected chi connectivity index (χ2v) is 5.59. The van der Waals surface area contributed by atoms with Crippen LogP contribution in [0.1, 0.15) is 25.3 Å². The predicted octanol–water partition coefficient (Wildman–Crippen LogP) is 3.12. The van der Waals surface area contributed by atoms with E-state index in [9.17, 15) is 4.79 Å². The van der Waals surface area contributed by atoms with Gasteiger partial charge >= 0.3 is 6.03 Å². The standard InChI is InChI=1S/C14H17ClN2O2/c1-2-19-8-14(9-3-4-9)11-7-10(15)5-6-12(11)16-13(18)17-14/h5-7,9H,2-4,8H2,1H3,(H2,16,17,18). The summed E-state index contributed by atoms with van der Waals surface area (Å²) < 4.78 is 5.64. The van der Waals surface area contributed by atoms with Gasteiger partial charge in [-0.1, -0.05) is 11.6 Å². The number of amides is 2. The predicted molar refractivity (Wildman–Crippen MR) is 74.5 cm³/mol. The van der Waals surface area contributed by atoms with Gasteiger partial charge in [-0.15, -0.1) is 0 Å². The van der Waals surface area contributed by atoms with Crippen LogP contribution in [0.25, 0.3) is 0 Å². The van der Waals surface area contributed by atoms with Crippen molar-refractivity contribution in [1.82, 2.24) is 5.32 Å². The third-order valence-electron chi connectivity index (χ3n) is 3.86. The van der Waals surface area contributed by atoms with Gasteiger partial charge in [0.15, 0.2) is 0 Å². The van der Waals surface area contributed by atoms with E-state index in [1.54, 1.807) is 6.07 Å². The number of nitrogens with one attached hydrogen (secondary N) is 2. The Hall–Kier alpha value is -1.26. The van der Waals surface area contributed by atoms with Crippen LogP contribution in [0.3, 0.4) is 0 Å². The van der Waals surface area contributed by atoms with E-state index >= 15 is 0 Å². The summed E-state index contributed by atoms with van der Waals surface area (Å²) in [6.45, 7) is 3.09. The van der Waals surface area contributed by atoms with E-state index < -0.39 is 5.54 Å². The van der Waals surface area contributed by atoms with Crippen LogP contribution >= 0.6 is 11.6 Å². The van der Waals surface area contributed by atoms with Gasteiger partial charge in [0.05, 0.1) is 12.1 Å². The SMILES string of the molecule is CCOCC1(C2CC2)NC(=O)Nc2ccc(Cl)cc21. The fourth-order valence-corrected chi connectivity index (χ4v) is 2.98. The van der Waals surface area contributed by atoms with E-state index in [-0.39, 0.29) is 6.03 Å². The van der Waals surface area contributed by atoms with Crippen molar-refractivity contribution in [1.29, 1.82) is 0 Å². The van der Waals surface area contributed by atoms with Crippen molar-refractivity contribution in [2.45, 2.75) is 25.3 Å². The summed E-state index contributed by atoms with van der Waals surface area (Å²) >= 11 is 6.12. The molecule has 0 bridgehead atoms. The van der Waals surface area contributed by atoms with E-state index in [2.05, 4.69) is 10.6 Å². The molecule has 5 heteroatoms. The molecule has 1 fully saturated rings. The molecule has 1 aromatic carbocycles. The van der Waals surface area contributed by atoms with E-state index in [0.29, 0.717) is 24.2 Å². The Labute approximate surface area is 117 Å². The zero-order chi connectivity index (χ0) is 13.5. The van der Waals surface area contributed by atoms with Crippen LogP contribution in [0.4, 0.5) is 10.5 Å². The second kappa shape index (κ2) is 4.69. The summed E-state index contributed by atoms with van der Waals surface area (Å²) in [6, 6.07) is 5.42. The lowest BCUT2D eigenvalue weighted by Gasteiger charge is -2.40. The first-order valence-corrected chi connectivity index (χ1v) is 7.00. The van der Waals surface area contributed by atoms with Gasteiger partial charge in [-0.25, -0.2) is 4.79 Å². The monoisotopic (exact) mass is 280 g/mol. The summed E-state index contributed by atoms with van der Waals surface area (Å²) in [4.78, 5) is 11.9. The largest absolute Gasteiger partial charge is 0.379 e. The summed E-state index contributed by atoms with van der Waals surface area (Å²) in [5.41, 5.74) is 1.44. The van der Waals surface area contributed by atoms with E-state index in [4.69, 9.17) is 16.3 Å². The van der Waals surface area contributed by atoms with Crippen molar-refractivity contribution in [2.24, 2.45) is 5.92 Å². The van der Waals surface area contributed by atoms with Crippen LogP contribution in [-0.2, 0) is 10.3 Å². The lowest BCUT2D eigenvalue weighted by Crippen LogP contribution is -2.56. The van der Waals surface area contributed by atoms with Crippen molar-refractivity contribution >= 4 is 23.3 Å². The molecule has 2 aliphatic rings. The van der Waals surface area contributed by atoms with Crippen molar-refractivity contribution < 1.29 is 9.53 Å². The van der Waals surface area contributed by atoms with Gasteiger partial charge in [0, 0.05) is 22.9 Å². The van der Waals surface area contributed by atoms with E-state index in [1.165, 1.54) is 0 Å². The highest BCUT2D eigenvalue weighted by atomic mass is 35.5. The molecule has 19 heavy (non-hydrogen) atoms. The maximum Gasteiger partial charge on any atom is 0.320 e. The minimum Gasteiger partial charge on any atom is -0.379 e. The number of benzene rings is 1. The third-order valence-corrected chi connectivity index (χ3v) is 4.09. The Kier molecular flexibility index (Phi) is 3.15. The van der Waals surface area contributed by atoms with Crippen molar-refractivity contribution in [2.75, 3.05) is 18.5 Å². The first-order chi connectivity index (χ1) is 9.15. The number of ether oxygens (including phenoxy) is 1. The molecule has 2 amide bonds. The summed E-state index contributed by atoms with van der Waals surface area (Å²) in [5, 5.41) is 6.59. The molecule has 0 aromatic heterocycles. The van der Waals surface area contributed by atoms with Crippen LogP contribution in [-0.4, -0.2) is 19.2 Å². The summed E-state index contributed by atoms with van der Waals surface area (Å²) in [6.07, 6.45) is 2.22. The van der Waals surface area contributed by atoms with Crippen molar-refractivity contribution in [3.05, 3.63) is 28.8 Å². The van der Waals surface area contributed by atoms with Crippen LogP contribution in [0, 0.1) is 5.92 Å². The molecule has 0 spiro atoms. The minimum atomic E-state index is -0.432. The number of anilines is 1. The van der Waals surface area contributed by atoms with Gasteiger partial charge in [0.2, 0.25) is 0 Å². The lowest BCUT2D eigenvalue weighted by molar-refractivity contribution is 0.0678. The molecule has 1 unspecified atom stereocenters. The number of hydrogen-bond donors (Lipinski definition) is 2. The average molecular weight is 281 g/mol. The molecule has 3 rings (SSSR count). The Morgan fingerprint density at radius 3 is 2.95 bits per heavy atom. The first kappa shape index (κ1) is 12.8. The molecule has 0 saturated heterocycles. The van der Waals surface area contributed by atoms with Crippen LogP contribution in [0.2, 0.25) is 5.02 Å². The number of rotatable bonds is 4. The third kappa shape index (κ3) is 2.19. The van der Waals surface area contributed by atoms with Gasteiger partial charge in [0.1, 0.15) is 0 Å². The van der Waals surface area contributed by atoms with Crippen LogP contribution in [0.15, 0.2) is 18.2 Å². The Balaban J connectivity index is 2.07. The Morgan fingerprint density at radius 2 is 2.26 bits per heavy atom. The molecule has 1 aliphatic carbocycles. The second-order valence-electron chi connectivity index (χ2n) is 5.15. The van der Waals surface area contributed by atoms with Gasteiger partial charge in [0.25, 0.3) is 0 Å². The molecule has 4 nitrogen and oxygen atoms in total. The van der Waals surface area contributed by atoms with Gasteiger partial charge in [-0.3, -0.25) is 0 Å². The number of urea groups is 1. The van der Waals surface area contributed by atoms with Gasteiger partial charge < -0.3 is 15.4 Å². The highest BCUT2D eigenvalue weighted by molar-refractivity contribution is 6.30. The maximum absolute atomic E-state index is 11.9. The fourth-order valence-electron chi connectivity index (χ4n) is 2.81. The van der Waals surface area contributed by atoms with Gasteiger partial charge in [-0.2, -0.15) is 0 Å². The molecule has 1 heterocycles. The van der Waals surface area contributed by atoms with E-state index in [1.807, 2.05) is 19.1 Å². The van der Waals surface area contributed by atoms with Crippen LogP contribution in [0.5, 0.6) is 0 Å². The molecular formula is C14H17ClN2O2. The topological polar surface area (TPSA) is 50.4 Å². The highest BCUT2D eigenvalue weighted by Crippen LogP contribution is 2.49. The quantitative estimate of drug-likeness (QED) is 0.890. The van der Waals surface area contributed by atoms with Crippen molar-refractivity contribution in [3.8, 4) is 0 Å². The highest BCUT2D eigenvalue weighted by Gasteiger charge is 2.51. The first-order valence-electron chi connectivity index (χ1n) is 6.62. The minimum absolute atomic E-state index is 0.165. The normalized spacial score (nSPS) is 25.5. The fraction of sp³-hybridized carbons (Fsp3) is 0.500. The molecule has 2 N–H and O–H groups in total. The number of carbonyl (C=O) groups excluding carboxylic acids is 1. The molecule has 1 atom stereocenters. The molecule has 1 aromatic rings. The zero-order valence-electron chi connectivity index (χ0n) is 10.8. The smallest absolute Gasteiger partial charge is 0.320 e. The number of hydrogen-bond acceptors (Lipinski definition) is 2. The molecule has 1 aliphatic heterocycles. The Morgan fingerprint density at radius 1 is 1.47 bits per heavy atom. The molecule has 0 radical (unpaired) electrons. The van der Waals surface area contributed by atoms with Crippen molar-refractivity contribution in [3.63, 3.8) is 0 Å². The van der Waals surface area contributed by atoms with E-state index in [0.717, 1.165) is 24.1 Å². The molecular weight excluding hydrogens is 264 g/mol. The lowest BCUT2D eigenvalue weighted by atomic mass is 9.83. The number of fused-ring (bicyclic) bond motifs is 1.